The normalized spacial score (nSPS) is 18.2. The molecule has 0 radical (unpaired) electrons. The lowest BCUT2D eigenvalue weighted by molar-refractivity contribution is 0.00418. The average molecular weight is 346 g/mol. The average Bonchev–Trinajstić information content (AvgIpc) is 2.89. The molecule has 1 fully saturated rings. The van der Waals surface area contributed by atoms with Gasteiger partial charge in [0.25, 0.3) is 0 Å². The van der Waals surface area contributed by atoms with Crippen LogP contribution in [0.3, 0.4) is 0 Å². The first kappa shape index (κ1) is 13.1. The molecule has 2 nitrogen and oxygen atoms in total. The van der Waals surface area contributed by atoms with Crippen LogP contribution in [0.25, 0.3) is 0 Å². The molecule has 0 aromatic heterocycles. The van der Waals surface area contributed by atoms with E-state index in [2.05, 4.69) is 34.7 Å². The molecular formula is C14H19IO2. The van der Waals surface area contributed by atoms with Crippen LogP contribution < -0.4 is 4.74 Å². The summed E-state index contributed by atoms with van der Waals surface area (Å²) < 4.78 is 12.6. The Labute approximate surface area is 117 Å². The third-order valence-electron chi connectivity index (χ3n) is 3.28. The van der Waals surface area contributed by atoms with Crippen LogP contribution in [0, 0.1) is 0 Å². The highest BCUT2D eigenvalue weighted by Crippen LogP contribution is 2.33. The monoisotopic (exact) mass is 346 g/mol. The predicted molar refractivity (Wildman–Crippen MR) is 78.0 cm³/mol. The van der Waals surface area contributed by atoms with Crippen LogP contribution in [0.1, 0.15) is 37.4 Å². The first-order valence-electron chi connectivity index (χ1n) is 6.19. The standard InChI is InChI=1S/C14H19IO2/c1-16-13-9-5-4-8-12(13)14(10-15)17-11-6-2-3-7-11/h4-5,8-9,11,14H,2-3,6-7,10H2,1H3. The molecule has 1 atom stereocenters. The molecule has 0 N–H and O–H groups in total. The van der Waals surface area contributed by atoms with Crippen molar-refractivity contribution in [2.75, 3.05) is 11.5 Å². The molecule has 0 aliphatic heterocycles. The third kappa shape index (κ3) is 3.35. The second-order valence-electron chi connectivity index (χ2n) is 4.43. The molecule has 1 saturated carbocycles. The zero-order valence-electron chi connectivity index (χ0n) is 10.2. The van der Waals surface area contributed by atoms with Crippen molar-refractivity contribution in [1.29, 1.82) is 0 Å². The lowest BCUT2D eigenvalue weighted by Crippen LogP contribution is -2.15. The van der Waals surface area contributed by atoms with Gasteiger partial charge in [-0.3, -0.25) is 0 Å². The minimum Gasteiger partial charge on any atom is -0.496 e. The fraction of sp³-hybridized carbons (Fsp3) is 0.571. The molecule has 1 aliphatic carbocycles. The second-order valence-corrected chi connectivity index (χ2v) is 5.31. The number of methoxy groups -OCH3 is 1. The molecule has 94 valence electrons. The summed E-state index contributed by atoms with van der Waals surface area (Å²) in [7, 11) is 1.72. The van der Waals surface area contributed by atoms with E-state index in [1.807, 2.05) is 12.1 Å². The third-order valence-corrected chi connectivity index (χ3v) is 4.08. The fourth-order valence-corrected chi connectivity index (χ4v) is 3.06. The molecular weight excluding hydrogens is 327 g/mol. The summed E-state index contributed by atoms with van der Waals surface area (Å²) in [6.45, 7) is 0. The van der Waals surface area contributed by atoms with E-state index >= 15 is 0 Å². The Kier molecular flexibility index (Phi) is 5.10. The Morgan fingerprint density at radius 1 is 1.29 bits per heavy atom. The number of para-hydroxylation sites is 1. The SMILES string of the molecule is COc1ccccc1C(CI)OC1CCCC1. The Balaban J connectivity index is 2.10. The van der Waals surface area contributed by atoms with Gasteiger partial charge in [-0.25, -0.2) is 0 Å². The van der Waals surface area contributed by atoms with Gasteiger partial charge >= 0.3 is 0 Å². The quantitative estimate of drug-likeness (QED) is 0.590. The van der Waals surface area contributed by atoms with Crippen LogP contribution >= 0.6 is 22.6 Å². The van der Waals surface area contributed by atoms with Gasteiger partial charge in [0.2, 0.25) is 0 Å². The molecule has 1 unspecified atom stereocenters. The first-order valence-corrected chi connectivity index (χ1v) is 7.72. The van der Waals surface area contributed by atoms with Gasteiger partial charge in [0, 0.05) is 9.99 Å². The van der Waals surface area contributed by atoms with Crippen molar-refractivity contribution in [2.24, 2.45) is 0 Å². The van der Waals surface area contributed by atoms with E-state index in [4.69, 9.17) is 9.47 Å². The van der Waals surface area contributed by atoms with E-state index in [0.717, 1.165) is 10.2 Å². The van der Waals surface area contributed by atoms with E-state index in [-0.39, 0.29) is 6.10 Å². The van der Waals surface area contributed by atoms with E-state index < -0.39 is 0 Å². The van der Waals surface area contributed by atoms with Crippen molar-refractivity contribution in [1.82, 2.24) is 0 Å². The summed E-state index contributed by atoms with van der Waals surface area (Å²) in [5, 5.41) is 0. The summed E-state index contributed by atoms with van der Waals surface area (Å²) in [5.41, 5.74) is 1.18. The number of ether oxygens (including phenoxy) is 2. The van der Waals surface area contributed by atoms with Gasteiger partial charge < -0.3 is 9.47 Å². The van der Waals surface area contributed by atoms with E-state index in [1.165, 1.54) is 31.2 Å². The molecule has 0 bridgehead atoms. The number of rotatable bonds is 5. The lowest BCUT2D eigenvalue weighted by Gasteiger charge is -2.22. The van der Waals surface area contributed by atoms with Crippen LogP contribution in [-0.2, 0) is 4.74 Å². The highest BCUT2D eigenvalue weighted by atomic mass is 127. The van der Waals surface area contributed by atoms with Crippen molar-refractivity contribution in [3.63, 3.8) is 0 Å². The van der Waals surface area contributed by atoms with Gasteiger partial charge in [0.05, 0.1) is 19.3 Å². The van der Waals surface area contributed by atoms with Gasteiger partial charge in [0.15, 0.2) is 0 Å². The minimum atomic E-state index is 0.162. The Morgan fingerprint density at radius 3 is 2.65 bits per heavy atom. The van der Waals surface area contributed by atoms with E-state index in [9.17, 15) is 0 Å². The molecule has 2 rings (SSSR count). The Bertz CT molecular complexity index is 348. The van der Waals surface area contributed by atoms with Crippen molar-refractivity contribution >= 4 is 22.6 Å². The number of benzene rings is 1. The number of alkyl halides is 1. The highest BCUT2D eigenvalue weighted by Gasteiger charge is 2.22. The van der Waals surface area contributed by atoms with Crippen LogP contribution in [-0.4, -0.2) is 17.6 Å². The molecule has 1 aromatic rings. The second kappa shape index (κ2) is 6.59. The molecule has 3 heteroatoms. The van der Waals surface area contributed by atoms with Gasteiger partial charge in [-0.1, -0.05) is 53.6 Å². The molecule has 1 aliphatic rings. The van der Waals surface area contributed by atoms with Gasteiger partial charge in [-0.05, 0) is 18.9 Å². The largest absolute Gasteiger partial charge is 0.496 e. The maximum absolute atomic E-state index is 6.20. The van der Waals surface area contributed by atoms with E-state index in [0.29, 0.717) is 6.10 Å². The summed E-state index contributed by atoms with van der Waals surface area (Å²) in [6.07, 6.45) is 5.65. The van der Waals surface area contributed by atoms with Gasteiger partial charge in [0.1, 0.15) is 5.75 Å². The maximum Gasteiger partial charge on any atom is 0.124 e. The topological polar surface area (TPSA) is 18.5 Å². The summed E-state index contributed by atoms with van der Waals surface area (Å²) in [6, 6.07) is 8.17. The zero-order valence-corrected chi connectivity index (χ0v) is 12.4. The molecule has 1 aromatic carbocycles. The molecule has 0 spiro atoms. The molecule has 0 saturated heterocycles. The van der Waals surface area contributed by atoms with Crippen molar-refractivity contribution in [3.8, 4) is 5.75 Å². The van der Waals surface area contributed by atoms with Crippen molar-refractivity contribution in [3.05, 3.63) is 29.8 Å². The fourth-order valence-electron chi connectivity index (χ4n) is 2.38. The molecule has 0 heterocycles. The Hall–Kier alpha value is -0.290. The van der Waals surface area contributed by atoms with Gasteiger partial charge in [-0.2, -0.15) is 0 Å². The minimum absolute atomic E-state index is 0.162. The smallest absolute Gasteiger partial charge is 0.124 e. The van der Waals surface area contributed by atoms with Crippen LogP contribution in [0.2, 0.25) is 0 Å². The summed E-state index contributed by atoms with van der Waals surface area (Å²) in [4.78, 5) is 0. The van der Waals surface area contributed by atoms with Crippen LogP contribution in [0.15, 0.2) is 24.3 Å². The maximum atomic E-state index is 6.20. The predicted octanol–water partition coefficient (Wildman–Crippen LogP) is 4.13. The number of hydrogen-bond acceptors (Lipinski definition) is 2. The number of halogens is 1. The summed E-state index contributed by atoms with van der Waals surface area (Å²) >= 11 is 2.39. The lowest BCUT2D eigenvalue weighted by atomic mass is 10.1. The first-order chi connectivity index (χ1) is 8.35. The van der Waals surface area contributed by atoms with Gasteiger partial charge in [-0.15, -0.1) is 0 Å². The summed E-state index contributed by atoms with van der Waals surface area (Å²) in [5.74, 6) is 0.937. The Morgan fingerprint density at radius 2 is 2.00 bits per heavy atom. The van der Waals surface area contributed by atoms with Crippen molar-refractivity contribution in [2.45, 2.75) is 37.9 Å². The van der Waals surface area contributed by atoms with Crippen LogP contribution in [0.5, 0.6) is 5.75 Å². The van der Waals surface area contributed by atoms with Crippen LogP contribution in [0.4, 0.5) is 0 Å². The highest BCUT2D eigenvalue weighted by molar-refractivity contribution is 14.1. The number of hydrogen-bond donors (Lipinski definition) is 0. The zero-order chi connectivity index (χ0) is 12.1. The van der Waals surface area contributed by atoms with Crippen molar-refractivity contribution < 1.29 is 9.47 Å². The molecule has 0 amide bonds. The van der Waals surface area contributed by atoms with E-state index in [1.54, 1.807) is 7.11 Å². The molecule has 17 heavy (non-hydrogen) atoms.